The number of benzene rings is 2. The first kappa shape index (κ1) is 18.5. The number of ether oxygens (including phenoxy) is 2. The molecule has 0 spiro atoms. The maximum absolute atomic E-state index is 12.0. The molecule has 0 saturated carbocycles. The molecule has 0 radical (unpaired) electrons. The maximum atomic E-state index is 12.0. The lowest BCUT2D eigenvalue weighted by molar-refractivity contribution is -0.147. The molecule has 25 heavy (non-hydrogen) atoms. The van der Waals surface area contributed by atoms with Crippen molar-refractivity contribution in [1.29, 1.82) is 0 Å². The number of anilines is 1. The molecule has 0 unspecified atom stereocenters. The van der Waals surface area contributed by atoms with Crippen LogP contribution in [0.15, 0.2) is 48.5 Å². The van der Waals surface area contributed by atoms with E-state index in [1.54, 1.807) is 0 Å². The molecule has 2 aromatic carbocycles. The molecule has 0 bridgehead atoms. The summed E-state index contributed by atoms with van der Waals surface area (Å²) >= 11 is 0. The zero-order chi connectivity index (χ0) is 18.1. The molecule has 0 aliphatic heterocycles. The molecule has 0 aliphatic carbocycles. The Balaban J connectivity index is 1.73. The smallest absolute Gasteiger partial charge is 0.309 e. The predicted molar refractivity (Wildman–Crippen MR) is 96.7 cm³/mol. The second-order valence-corrected chi connectivity index (χ2v) is 5.58. The van der Waals surface area contributed by atoms with Gasteiger partial charge in [-0.25, -0.2) is 0 Å². The molecule has 132 valence electrons. The number of rotatable bonds is 8. The van der Waals surface area contributed by atoms with Crippen LogP contribution in [0.3, 0.4) is 0 Å². The fourth-order valence-corrected chi connectivity index (χ4v) is 2.36. The van der Waals surface area contributed by atoms with E-state index in [9.17, 15) is 9.59 Å². The van der Waals surface area contributed by atoms with E-state index in [1.165, 1.54) is 0 Å². The van der Waals surface area contributed by atoms with Gasteiger partial charge in [0.1, 0.15) is 5.75 Å². The SMILES string of the molecule is CCc1cccc(C)c1NC(=O)COC(=O)CCOc1ccccc1. The van der Waals surface area contributed by atoms with Gasteiger partial charge in [-0.15, -0.1) is 0 Å². The number of para-hydroxylation sites is 2. The summed E-state index contributed by atoms with van der Waals surface area (Å²) < 4.78 is 10.4. The zero-order valence-corrected chi connectivity index (χ0v) is 14.6. The average molecular weight is 341 g/mol. The van der Waals surface area contributed by atoms with Crippen molar-refractivity contribution in [2.45, 2.75) is 26.7 Å². The van der Waals surface area contributed by atoms with Crippen LogP contribution in [0, 0.1) is 6.92 Å². The lowest BCUT2D eigenvalue weighted by atomic mass is 10.1. The highest BCUT2D eigenvalue weighted by Gasteiger charge is 2.11. The van der Waals surface area contributed by atoms with Crippen LogP contribution in [0.1, 0.15) is 24.5 Å². The van der Waals surface area contributed by atoms with Crippen molar-refractivity contribution in [3.63, 3.8) is 0 Å². The molecule has 0 saturated heterocycles. The van der Waals surface area contributed by atoms with E-state index in [0.717, 1.165) is 23.2 Å². The molecular weight excluding hydrogens is 318 g/mol. The number of hydrogen-bond donors (Lipinski definition) is 1. The van der Waals surface area contributed by atoms with E-state index in [0.29, 0.717) is 5.75 Å². The van der Waals surface area contributed by atoms with E-state index >= 15 is 0 Å². The second kappa shape index (κ2) is 9.47. The summed E-state index contributed by atoms with van der Waals surface area (Å²) in [5.41, 5.74) is 2.82. The number of esters is 1. The van der Waals surface area contributed by atoms with Gasteiger partial charge in [0, 0.05) is 5.69 Å². The molecule has 5 nitrogen and oxygen atoms in total. The molecule has 0 aliphatic rings. The minimum atomic E-state index is -0.466. The fraction of sp³-hybridized carbons (Fsp3) is 0.300. The topological polar surface area (TPSA) is 64.6 Å². The Morgan fingerprint density at radius 1 is 1.04 bits per heavy atom. The fourth-order valence-electron chi connectivity index (χ4n) is 2.36. The Bertz CT molecular complexity index is 713. The van der Waals surface area contributed by atoms with Crippen LogP contribution in [0.5, 0.6) is 5.75 Å². The zero-order valence-electron chi connectivity index (χ0n) is 14.6. The minimum Gasteiger partial charge on any atom is -0.493 e. The first-order valence-electron chi connectivity index (χ1n) is 8.32. The first-order valence-corrected chi connectivity index (χ1v) is 8.32. The third-order valence-corrected chi connectivity index (χ3v) is 3.69. The summed E-state index contributed by atoms with van der Waals surface area (Å²) in [6.07, 6.45) is 0.903. The third-order valence-electron chi connectivity index (χ3n) is 3.69. The van der Waals surface area contributed by atoms with Crippen molar-refractivity contribution in [3.8, 4) is 5.75 Å². The van der Waals surface area contributed by atoms with E-state index in [4.69, 9.17) is 9.47 Å². The summed E-state index contributed by atoms with van der Waals surface area (Å²) in [6.45, 7) is 3.86. The Kier molecular flexibility index (Phi) is 7.01. The van der Waals surface area contributed by atoms with E-state index in [1.807, 2.05) is 62.4 Å². The maximum Gasteiger partial charge on any atom is 0.309 e. The van der Waals surface area contributed by atoms with Gasteiger partial charge in [-0.1, -0.05) is 43.3 Å². The molecular formula is C20H23NO4. The van der Waals surface area contributed by atoms with Gasteiger partial charge in [-0.3, -0.25) is 9.59 Å². The summed E-state index contributed by atoms with van der Waals surface area (Å²) in [5, 5.41) is 2.82. The van der Waals surface area contributed by atoms with Crippen molar-refractivity contribution in [2.24, 2.45) is 0 Å². The average Bonchev–Trinajstić information content (AvgIpc) is 2.62. The number of hydrogen-bond acceptors (Lipinski definition) is 4. The van der Waals surface area contributed by atoms with Crippen LogP contribution in [-0.4, -0.2) is 25.1 Å². The van der Waals surface area contributed by atoms with Gasteiger partial charge in [-0.05, 0) is 36.6 Å². The summed E-state index contributed by atoms with van der Waals surface area (Å²) in [6, 6.07) is 15.1. The lowest BCUT2D eigenvalue weighted by Gasteiger charge is -2.13. The summed E-state index contributed by atoms with van der Waals surface area (Å²) in [5.74, 6) is -0.118. The van der Waals surface area contributed by atoms with Gasteiger partial charge >= 0.3 is 5.97 Å². The quantitative estimate of drug-likeness (QED) is 0.746. The highest BCUT2D eigenvalue weighted by atomic mass is 16.5. The van der Waals surface area contributed by atoms with Crippen LogP contribution >= 0.6 is 0 Å². The molecule has 0 atom stereocenters. The molecule has 0 heterocycles. The molecule has 2 rings (SSSR count). The van der Waals surface area contributed by atoms with Crippen LogP contribution < -0.4 is 10.1 Å². The Hall–Kier alpha value is -2.82. The van der Waals surface area contributed by atoms with Crippen LogP contribution in [-0.2, 0) is 20.7 Å². The van der Waals surface area contributed by atoms with Crippen molar-refractivity contribution in [1.82, 2.24) is 0 Å². The van der Waals surface area contributed by atoms with E-state index < -0.39 is 5.97 Å². The van der Waals surface area contributed by atoms with Crippen molar-refractivity contribution < 1.29 is 19.1 Å². The molecule has 1 N–H and O–H groups in total. The van der Waals surface area contributed by atoms with Crippen LogP contribution in [0.4, 0.5) is 5.69 Å². The normalized spacial score (nSPS) is 10.2. The van der Waals surface area contributed by atoms with Crippen molar-refractivity contribution in [3.05, 3.63) is 59.7 Å². The van der Waals surface area contributed by atoms with Crippen LogP contribution in [0.2, 0.25) is 0 Å². The molecule has 2 aromatic rings. The summed E-state index contributed by atoms with van der Waals surface area (Å²) in [7, 11) is 0. The molecule has 1 amide bonds. The second-order valence-electron chi connectivity index (χ2n) is 5.58. The van der Waals surface area contributed by atoms with Crippen LogP contribution in [0.25, 0.3) is 0 Å². The molecule has 0 fully saturated rings. The largest absolute Gasteiger partial charge is 0.493 e. The van der Waals surface area contributed by atoms with Gasteiger partial charge in [0.05, 0.1) is 13.0 Å². The Morgan fingerprint density at radius 3 is 2.52 bits per heavy atom. The van der Waals surface area contributed by atoms with Gasteiger partial charge in [-0.2, -0.15) is 0 Å². The molecule has 0 aromatic heterocycles. The predicted octanol–water partition coefficient (Wildman–Crippen LogP) is 3.51. The molecule has 5 heteroatoms. The number of aryl methyl sites for hydroxylation is 2. The highest BCUT2D eigenvalue weighted by molar-refractivity contribution is 5.94. The third kappa shape index (κ3) is 5.95. The summed E-state index contributed by atoms with van der Waals surface area (Å²) in [4.78, 5) is 23.7. The van der Waals surface area contributed by atoms with E-state index in [2.05, 4.69) is 5.32 Å². The first-order chi connectivity index (χ1) is 12.1. The Morgan fingerprint density at radius 2 is 1.80 bits per heavy atom. The number of carbonyl (C=O) groups is 2. The monoisotopic (exact) mass is 341 g/mol. The number of carbonyl (C=O) groups excluding carboxylic acids is 2. The highest BCUT2D eigenvalue weighted by Crippen LogP contribution is 2.20. The standard InChI is InChI=1S/C20H23NO4/c1-3-16-9-7-8-15(2)20(16)21-18(22)14-25-19(23)12-13-24-17-10-5-4-6-11-17/h4-11H,3,12-14H2,1-2H3,(H,21,22). The van der Waals surface area contributed by atoms with Gasteiger partial charge in [0.2, 0.25) is 0 Å². The number of amides is 1. The Labute approximate surface area is 148 Å². The van der Waals surface area contributed by atoms with Crippen molar-refractivity contribution in [2.75, 3.05) is 18.5 Å². The lowest BCUT2D eigenvalue weighted by Crippen LogP contribution is -2.22. The van der Waals surface area contributed by atoms with Gasteiger partial charge in [0.15, 0.2) is 6.61 Å². The minimum absolute atomic E-state index is 0.0900. The number of nitrogens with one attached hydrogen (secondary N) is 1. The van der Waals surface area contributed by atoms with Crippen molar-refractivity contribution >= 4 is 17.6 Å². The van der Waals surface area contributed by atoms with Gasteiger partial charge < -0.3 is 14.8 Å². The van der Waals surface area contributed by atoms with Gasteiger partial charge in [0.25, 0.3) is 5.91 Å². The van der Waals surface area contributed by atoms with E-state index in [-0.39, 0.29) is 25.5 Å².